The van der Waals surface area contributed by atoms with E-state index in [1.54, 1.807) is 11.3 Å². The van der Waals surface area contributed by atoms with Gasteiger partial charge in [-0.05, 0) is 30.5 Å². The fraction of sp³-hybridized carbons (Fsp3) is 0.286. The number of rotatable bonds is 4. The average Bonchev–Trinajstić information content (AvgIpc) is 3.47. The maximum absolute atomic E-state index is 13.1. The van der Waals surface area contributed by atoms with Gasteiger partial charge in [0.15, 0.2) is 0 Å². The van der Waals surface area contributed by atoms with Gasteiger partial charge in [-0.3, -0.25) is 9.69 Å². The molecule has 0 saturated carbocycles. The number of aromatic nitrogens is 3. The summed E-state index contributed by atoms with van der Waals surface area (Å²) in [5, 5.41) is 5.04. The molecule has 148 valence electrons. The molecular weight excluding hydrogens is 402 g/mol. The molecule has 0 N–H and O–H groups in total. The van der Waals surface area contributed by atoms with Gasteiger partial charge in [-0.25, -0.2) is 9.97 Å². The molecule has 0 spiro atoms. The van der Waals surface area contributed by atoms with Crippen molar-refractivity contribution in [1.82, 2.24) is 24.2 Å². The van der Waals surface area contributed by atoms with Crippen LogP contribution in [0.5, 0.6) is 0 Å². The van der Waals surface area contributed by atoms with Crippen LogP contribution in [-0.2, 0) is 6.54 Å². The first-order valence-corrected chi connectivity index (χ1v) is 11.4. The quantitative estimate of drug-likeness (QED) is 0.501. The van der Waals surface area contributed by atoms with E-state index in [0.29, 0.717) is 0 Å². The molecular formula is C21H21N5OS2. The number of carbonyl (C=O) groups excluding carboxylic acids is 1. The number of hydrogen-bond donors (Lipinski definition) is 0. The van der Waals surface area contributed by atoms with Gasteiger partial charge < -0.3 is 9.30 Å². The lowest BCUT2D eigenvalue weighted by Crippen LogP contribution is -2.48. The Labute approximate surface area is 177 Å². The molecule has 0 bridgehead atoms. The van der Waals surface area contributed by atoms with Crippen LogP contribution >= 0.6 is 22.7 Å². The van der Waals surface area contributed by atoms with Crippen molar-refractivity contribution in [3.8, 4) is 10.6 Å². The number of aryl methyl sites for hydroxylation is 1. The summed E-state index contributed by atoms with van der Waals surface area (Å²) in [6.45, 7) is 5.92. The fourth-order valence-electron chi connectivity index (χ4n) is 3.65. The Morgan fingerprint density at radius 2 is 2.00 bits per heavy atom. The third-order valence-electron chi connectivity index (χ3n) is 5.22. The Bertz CT molecular complexity index is 1110. The number of carbonyl (C=O) groups is 1. The predicted octanol–water partition coefficient (Wildman–Crippen LogP) is 3.79. The molecule has 29 heavy (non-hydrogen) atoms. The van der Waals surface area contributed by atoms with E-state index in [1.807, 2.05) is 46.0 Å². The summed E-state index contributed by atoms with van der Waals surface area (Å²) >= 11 is 3.15. The number of piperazine rings is 1. The zero-order valence-corrected chi connectivity index (χ0v) is 17.7. The van der Waals surface area contributed by atoms with E-state index in [9.17, 15) is 4.79 Å². The normalized spacial score (nSPS) is 15.3. The van der Waals surface area contributed by atoms with E-state index in [0.717, 1.165) is 65.2 Å². The van der Waals surface area contributed by atoms with Crippen LogP contribution in [-0.4, -0.2) is 56.3 Å². The van der Waals surface area contributed by atoms with Gasteiger partial charge in [0.25, 0.3) is 5.91 Å². The molecule has 5 heterocycles. The second-order valence-electron chi connectivity index (χ2n) is 7.21. The van der Waals surface area contributed by atoms with Crippen LogP contribution in [0.3, 0.4) is 0 Å². The molecule has 1 fully saturated rings. The van der Waals surface area contributed by atoms with Gasteiger partial charge in [-0.1, -0.05) is 6.07 Å². The topological polar surface area (TPSA) is 53.7 Å². The minimum absolute atomic E-state index is 0.105. The van der Waals surface area contributed by atoms with Crippen LogP contribution < -0.4 is 0 Å². The predicted molar refractivity (Wildman–Crippen MR) is 117 cm³/mol. The summed E-state index contributed by atoms with van der Waals surface area (Å²) in [6.07, 6.45) is 4.10. The zero-order valence-electron chi connectivity index (χ0n) is 16.1. The van der Waals surface area contributed by atoms with Crippen molar-refractivity contribution in [1.29, 1.82) is 0 Å². The maximum atomic E-state index is 13.1. The smallest absolute Gasteiger partial charge is 0.265 e. The third-order valence-corrected chi connectivity index (χ3v) is 7.10. The van der Waals surface area contributed by atoms with E-state index in [1.165, 1.54) is 11.3 Å². The van der Waals surface area contributed by atoms with E-state index in [4.69, 9.17) is 0 Å². The Balaban J connectivity index is 1.23. The lowest BCUT2D eigenvalue weighted by molar-refractivity contribution is 0.0631. The molecule has 1 aliphatic rings. The van der Waals surface area contributed by atoms with Gasteiger partial charge in [-0.15, -0.1) is 11.3 Å². The Morgan fingerprint density at radius 1 is 1.14 bits per heavy atom. The third kappa shape index (κ3) is 3.71. The van der Waals surface area contributed by atoms with Crippen molar-refractivity contribution in [2.24, 2.45) is 0 Å². The average molecular weight is 424 g/mol. The molecule has 4 aromatic rings. The molecule has 0 atom stereocenters. The van der Waals surface area contributed by atoms with Crippen LogP contribution in [0.1, 0.15) is 21.1 Å². The SMILES string of the molecule is Cc1nc(-c2ccsc2)sc1C(=O)N1CCN(Cc2cn3ccccc3n2)CC1. The number of hydrogen-bond acceptors (Lipinski definition) is 6. The van der Waals surface area contributed by atoms with Gasteiger partial charge >= 0.3 is 0 Å². The van der Waals surface area contributed by atoms with E-state index >= 15 is 0 Å². The number of imidazole rings is 1. The van der Waals surface area contributed by atoms with Gasteiger partial charge in [-0.2, -0.15) is 11.3 Å². The summed E-state index contributed by atoms with van der Waals surface area (Å²) in [5.41, 5.74) is 3.96. The highest BCUT2D eigenvalue weighted by Crippen LogP contribution is 2.30. The zero-order chi connectivity index (χ0) is 19.8. The van der Waals surface area contributed by atoms with Gasteiger partial charge in [0, 0.05) is 56.1 Å². The number of thiophene rings is 1. The van der Waals surface area contributed by atoms with E-state index in [-0.39, 0.29) is 5.91 Å². The van der Waals surface area contributed by atoms with Crippen LogP contribution in [0.15, 0.2) is 47.4 Å². The molecule has 0 aliphatic carbocycles. The molecule has 1 amide bonds. The van der Waals surface area contributed by atoms with Crippen molar-refractivity contribution in [3.63, 3.8) is 0 Å². The highest BCUT2D eigenvalue weighted by Gasteiger charge is 2.26. The summed E-state index contributed by atoms with van der Waals surface area (Å²) in [6, 6.07) is 8.08. The van der Waals surface area contributed by atoms with Crippen LogP contribution in [0, 0.1) is 6.92 Å². The molecule has 6 nitrogen and oxygen atoms in total. The number of pyridine rings is 1. The lowest BCUT2D eigenvalue weighted by Gasteiger charge is -2.34. The van der Waals surface area contributed by atoms with Crippen LogP contribution in [0.4, 0.5) is 0 Å². The molecule has 5 rings (SSSR count). The van der Waals surface area contributed by atoms with E-state index < -0.39 is 0 Å². The van der Waals surface area contributed by atoms with Crippen molar-refractivity contribution in [2.45, 2.75) is 13.5 Å². The van der Waals surface area contributed by atoms with Crippen molar-refractivity contribution >= 4 is 34.2 Å². The van der Waals surface area contributed by atoms with Crippen LogP contribution in [0.2, 0.25) is 0 Å². The van der Waals surface area contributed by atoms with Crippen molar-refractivity contribution in [3.05, 3.63) is 63.7 Å². The highest BCUT2D eigenvalue weighted by atomic mass is 32.1. The number of amides is 1. The molecule has 8 heteroatoms. The molecule has 0 unspecified atom stereocenters. The van der Waals surface area contributed by atoms with Gasteiger partial charge in [0.05, 0.1) is 11.4 Å². The fourth-order valence-corrected chi connectivity index (χ4v) is 5.40. The summed E-state index contributed by atoms with van der Waals surface area (Å²) in [4.78, 5) is 27.4. The Morgan fingerprint density at radius 3 is 2.76 bits per heavy atom. The van der Waals surface area contributed by atoms with Crippen molar-refractivity contribution < 1.29 is 4.79 Å². The molecule has 1 saturated heterocycles. The first-order valence-electron chi connectivity index (χ1n) is 9.61. The molecule has 0 radical (unpaired) electrons. The van der Waals surface area contributed by atoms with Crippen LogP contribution in [0.25, 0.3) is 16.2 Å². The molecule has 4 aromatic heterocycles. The minimum Gasteiger partial charge on any atom is -0.335 e. The maximum Gasteiger partial charge on any atom is 0.265 e. The molecule has 0 aromatic carbocycles. The minimum atomic E-state index is 0.105. The van der Waals surface area contributed by atoms with Gasteiger partial charge in [0.1, 0.15) is 15.5 Å². The Kier molecular flexibility index (Phi) is 4.91. The monoisotopic (exact) mass is 423 g/mol. The van der Waals surface area contributed by atoms with Gasteiger partial charge in [0.2, 0.25) is 0 Å². The Hall–Kier alpha value is -2.55. The molecule has 1 aliphatic heterocycles. The first kappa shape index (κ1) is 18.5. The second-order valence-corrected chi connectivity index (χ2v) is 8.99. The highest BCUT2D eigenvalue weighted by molar-refractivity contribution is 7.17. The largest absolute Gasteiger partial charge is 0.335 e. The second kappa shape index (κ2) is 7.70. The lowest BCUT2D eigenvalue weighted by atomic mass is 10.2. The summed E-state index contributed by atoms with van der Waals surface area (Å²) in [5.74, 6) is 0.105. The summed E-state index contributed by atoms with van der Waals surface area (Å²) < 4.78 is 2.05. The number of fused-ring (bicyclic) bond motifs is 1. The summed E-state index contributed by atoms with van der Waals surface area (Å²) in [7, 11) is 0. The first-order chi connectivity index (χ1) is 14.2. The van der Waals surface area contributed by atoms with Crippen molar-refractivity contribution in [2.75, 3.05) is 26.2 Å². The number of thiazole rings is 1. The van der Waals surface area contributed by atoms with E-state index in [2.05, 4.69) is 32.5 Å². The standard InChI is InChI=1S/C21H21N5OS2/c1-15-19(29-20(22-15)16-5-11-28-14-16)21(27)25-9-7-24(8-10-25)12-17-13-26-6-3-2-4-18(26)23-17/h2-6,11,13-14H,7-10,12H2,1H3. The number of nitrogens with zero attached hydrogens (tertiary/aromatic N) is 5.